The molecular formula is C6H8N4O3. The van der Waals surface area contributed by atoms with Gasteiger partial charge in [-0.3, -0.25) is 20.3 Å². The number of hydrogen-bond donors (Lipinski definition) is 2. The molecule has 13 heavy (non-hydrogen) atoms. The number of rotatable bonds is 2. The van der Waals surface area contributed by atoms with Crippen LogP contribution in [0.1, 0.15) is 10.4 Å². The van der Waals surface area contributed by atoms with Crippen LogP contribution in [0.25, 0.3) is 0 Å². The second-order valence-electron chi connectivity index (χ2n) is 2.45. The number of aromatic nitrogens is 1. The standard InChI is InChI=1S/C6H8N4O3/c1-9-2-4(6(11)8-7)5(3-9)10(12)13/h2-3H,7H2,1H3,(H,8,11). The number of nitrogens with zero attached hydrogens (tertiary/aromatic N) is 2. The minimum atomic E-state index is -0.674. The number of nitro groups is 1. The molecule has 0 saturated carbocycles. The molecule has 0 atom stereocenters. The third-order valence-electron chi connectivity index (χ3n) is 1.51. The average Bonchev–Trinajstić information content (AvgIpc) is 2.46. The number of nitrogen functional groups attached to an aromatic ring is 1. The molecule has 1 heterocycles. The first-order valence-corrected chi connectivity index (χ1v) is 3.37. The van der Waals surface area contributed by atoms with Crippen molar-refractivity contribution in [1.29, 1.82) is 0 Å². The highest BCUT2D eigenvalue weighted by molar-refractivity contribution is 5.97. The molecule has 1 aromatic rings. The molecule has 0 spiro atoms. The van der Waals surface area contributed by atoms with E-state index >= 15 is 0 Å². The molecule has 0 unspecified atom stereocenters. The molecule has 7 heteroatoms. The van der Waals surface area contributed by atoms with Crippen LogP contribution in [0.2, 0.25) is 0 Å². The monoisotopic (exact) mass is 184 g/mol. The number of carbonyl (C=O) groups excluding carboxylic acids is 1. The summed E-state index contributed by atoms with van der Waals surface area (Å²) in [6, 6.07) is 0. The molecule has 70 valence electrons. The van der Waals surface area contributed by atoms with Crippen molar-refractivity contribution in [3.8, 4) is 0 Å². The van der Waals surface area contributed by atoms with Gasteiger partial charge in [0.1, 0.15) is 5.56 Å². The van der Waals surface area contributed by atoms with Crippen molar-refractivity contribution in [2.24, 2.45) is 12.9 Å². The van der Waals surface area contributed by atoms with Crippen LogP contribution in [0.3, 0.4) is 0 Å². The van der Waals surface area contributed by atoms with E-state index in [4.69, 9.17) is 5.84 Å². The zero-order valence-electron chi connectivity index (χ0n) is 6.85. The fourth-order valence-electron chi connectivity index (χ4n) is 0.968. The summed E-state index contributed by atoms with van der Waals surface area (Å²) >= 11 is 0. The van der Waals surface area contributed by atoms with Crippen LogP contribution < -0.4 is 11.3 Å². The van der Waals surface area contributed by atoms with E-state index in [1.807, 2.05) is 5.43 Å². The van der Waals surface area contributed by atoms with Crippen LogP contribution in [0, 0.1) is 10.1 Å². The molecule has 0 bridgehead atoms. The number of nitrogens with one attached hydrogen (secondary N) is 1. The number of hydrogen-bond acceptors (Lipinski definition) is 4. The van der Waals surface area contributed by atoms with Crippen molar-refractivity contribution < 1.29 is 9.72 Å². The first kappa shape index (κ1) is 9.20. The van der Waals surface area contributed by atoms with Crippen LogP contribution in [0.4, 0.5) is 5.69 Å². The lowest BCUT2D eigenvalue weighted by atomic mass is 10.3. The van der Waals surface area contributed by atoms with Crippen LogP contribution in [0.5, 0.6) is 0 Å². The molecule has 3 N–H and O–H groups in total. The summed E-state index contributed by atoms with van der Waals surface area (Å²) in [6.45, 7) is 0. The Morgan fingerprint density at radius 2 is 2.31 bits per heavy atom. The first-order chi connectivity index (χ1) is 6.06. The molecule has 7 nitrogen and oxygen atoms in total. The van der Waals surface area contributed by atoms with Gasteiger partial charge < -0.3 is 4.57 Å². The Kier molecular flexibility index (Phi) is 2.29. The van der Waals surface area contributed by atoms with Gasteiger partial charge >= 0.3 is 0 Å². The van der Waals surface area contributed by atoms with Gasteiger partial charge in [-0.15, -0.1) is 0 Å². The third-order valence-corrected chi connectivity index (χ3v) is 1.51. The minimum absolute atomic E-state index is 0.0463. The van der Waals surface area contributed by atoms with E-state index in [0.29, 0.717) is 0 Å². The van der Waals surface area contributed by atoms with E-state index in [0.717, 1.165) is 0 Å². The SMILES string of the molecule is Cn1cc(C(=O)NN)c([N+](=O)[O-])c1. The van der Waals surface area contributed by atoms with E-state index in [1.165, 1.54) is 17.0 Å². The zero-order valence-corrected chi connectivity index (χ0v) is 6.85. The van der Waals surface area contributed by atoms with Gasteiger partial charge in [0.05, 0.1) is 11.1 Å². The molecule has 0 saturated heterocycles. The van der Waals surface area contributed by atoms with Crippen LogP contribution in [0.15, 0.2) is 12.4 Å². The molecular weight excluding hydrogens is 176 g/mol. The average molecular weight is 184 g/mol. The van der Waals surface area contributed by atoms with Gasteiger partial charge in [0.15, 0.2) is 0 Å². The predicted octanol–water partition coefficient (Wildman–Crippen LogP) is -0.463. The van der Waals surface area contributed by atoms with Crippen molar-refractivity contribution >= 4 is 11.6 Å². The maximum Gasteiger partial charge on any atom is 0.299 e. The molecule has 0 radical (unpaired) electrons. The molecule has 0 aliphatic carbocycles. The molecule has 1 aromatic heterocycles. The molecule has 0 aromatic carbocycles. The van der Waals surface area contributed by atoms with Crippen molar-refractivity contribution in [3.05, 3.63) is 28.1 Å². The summed E-state index contributed by atoms with van der Waals surface area (Å²) < 4.78 is 1.42. The quantitative estimate of drug-likeness (QED) is 0.281. The highest BCUT2D eigenvalue weighted by Gasteiger charge is 2.21. The van der Waals surface area contributed by atoms with Gasteiger partial charge in [0.2, 0.25) is 0 Å². The van der Waals surface area contributed by atoms with Crippen molar-refractivity contribution in [2.75, 3.05) is 0 Å². The molecule has 1 amide bonds. The second kappa shape index (κ2) is 3.23. The van der Waals surface area contributed by atoms with E-state index in [-0.39, 0.29) is 11.3 Å². The van der Waals surface area contributed by atoms with Gasteiger partial charge in [-0.2, -0.15) is 0 Å². The van der Waals surface area contributed by atoms with E-state index < -0.39 is 10.8 Å². The predicted molar refractivity (Wildman–Crippen MR) is 43.7 cm³/mol. The van der Waals surface area contributed by atoms with Gasteiger partial charge in [-0.1, -0.05) is 0 Å². The Hall–Kier alpha value is -1.89. The summed E-state index contributed by atoms with van der Waals surface area (Å²) in [6.07, 6.45) is 2.57. The Morgan fingerprint density at radius 1 is 1.69 bits per heavy atom. The van der Waals surface area contributed by atoms with E-state index in [9.17, 15) is 14.9 Å². The zero-order chi connectivity index (χ0) is 10.0. The number of carbonyl (C=O) groups is 1. The topological polar surface area (TPSA) is 103 Å². The Bertz CT molecular complexity index is 357. The lowest BCUT2D eigenvalue weighted by molar-refractivity contribution is -0.385. The summed E-state index contributed by atoms with van der Waals surface area (Å²) in [5.74, 6) is 4.18. The number of nitrogens with two attached hydrogens (primary N) is 1. The van der Waals surface area contributed by atoms with Crippen molar-refractivity contribution in [3.63, 3.8) is 0 Å². The molecule has 0 aliphatic rings. The first-order valence-electron chi connectivity index (χ1n) is 3.37. The van der Waals surface area contributed by atoms with E-state index in [2.05, 4.69) is 0 Å². The largest absolute Gasteiger partial charge is 0.350 e. The minimum Gasteiger partial charge on any atom is -0.350 e. The highest BCUT2D eigenvalue weighted by Crippen LogP contribution is 2.18. The maximum atomic E-state index is 11.0. The number of hydrazine groups is 1. The van der Waals surface area contributed by atoms with Crippen LogP contribution in [-0.2, 0) is 7.05 Å². The van der Waals surface area contributed by atoms with Crippen molar-refractivity contribution in [2.45, 2.75) is 0 Å². The summed E-state index contributed by atoms with van der Waals surface area (Å²) in [5.41, 5.74) is 1.53. The smallest absolute Gasteiger partial charge is 0.299 e. The summed E-state index contributed by atoms with van der Waals surface area (Å²) in [4.78, 5) is 20.8. The molecule has 0 aliphatic heterocycles. The van der Waals surface area contributed by atoms with E-state index in [1.54, 1.807) is 7.05 Å². The van der Waals surface area contributed by atoms with Crippen LogP contribution in [-0.4, -0.2) is 15.4 Å². The third kappa shape index (κ3) is 1.64. The fraction of sp³-hybridized carbons (Fsp3) is 0.167. The Balaban J connectivity index is 3.19. The normalized spacial score (nSPS) is 9.69. The number of aryl methyl sites for hydroxylation is 1. The number of amides is 1. The summed E-state index contributed by atoms with van der Waals surface area (Å²) in [7, 11) is 1.58. The van der Waals surface area contributed by atoms with Gasteiger partial charge in [-0.25, -0.2) is 5.84 Å². The van der Waals surface area contributed by atoms with Gasteiger partial charge in [0, 0.05) is 13.2 Å². The second-order valence-corrected chi connectivity index (χ2v) is 2.45. The molecule has 1 rings (SSSR count). The lowest BCUT2D eigenvalue weighted by Crippen LogP contribution is -2.30. The maximum absolute atomic E-state index is 11.0. The fourth-order valence-corrected chi connectivity index (χ4v) is 0.968. The highest BCUT2D eigenvalue weighted by atomic mass is 16.6. The van der Waals surface area contributed by atoms with Crippen LogP contribution >= 0.6 is 0 Å². The Labute approximate surface area is 73.3 Å². The Morgan fingerprint density at radius 3 is 2.77 bits per heavy atom. The summed E-state index contributed by atoms with van der Waals surface area (Å²) in [5, 5.41) is 10.4. The van der Waals surface area contributed by atoms with Gasteiger partial charge in [-0.05, 0) is 0 Å². The van der Waals surface area contributed by atoms with Crippen molar-refractivity contribution in [1.82, 2.24) is 9.99 Å². The van der Waals surface area contributed by atoms with Gasteiger partial charge in [0.25, 0.3) is 11.6 Å². The lowest BCUT2D eigenvalue weighted by Gasteiger charge is -1.93. The molecule has 0 fully saturated rings.